The van der Waals surface area contributed by atoms with Crippen molar-refractivity contribution < 1.29 is 4.74 Å². The summed E-state index contributed by atoms with van der Waals surface area (Å²) in [7, 11) is 0. The lowest BCUT2D eigenvalue weighted by Gasteiger charge is -2.10. The first-order valence-electron chi connectivity index (χ1n) is 4.55. The lowest BCUT2D eigenvalue weighted by atomic mass is 10.1. The molecule has 0 aliphatic heterocycles. The highest BCUT2D eigenvalue weighted by molar-refractivity contribution is 7.80. The second-order valence-corrected chi connectivity index (χ2v) is 3.46. The highest BCUT2D eigenvalue weighted by atomic mass is 32.1. The first-order chi connectivity index (χ1) is 6.66. The molecule has 4 heteroatoms. The summed E-state index contributed by atoms with van der Waals surface area (Å²) in [5, 5.41) is 0. The molecule has 1 rings (SSSR count). The number of nitrogens with two attached hydrogens (primary N) is 1. The summed E-state index contributed by atoms with van der Waals surface area (Å²) in [6.45, 7) is 4.61. The smallest absolute Gasteiger partial charge is 0.223 e. The summed E-state index contributed by atoms with van der Waals surface area (Å²) in [4.78, 5) is 4.44. The molecule has 0 amide bonds. The van der Waals surface area contributed by atoms with Gasteiger partial charge in [0.2, 0.25) is 5.88 Å². The second-order valence-electron chi connectivity index (χ2n) is 3.02. The molecule has 0 saturated heterocycles. The largest absolute Gasteiger partial charge is 0.477 e. The van der Waals surface area contributed by atoms with Crippen LogP contribution in [-0.2, 0) is 0 Å². The molecule has 0 radical (unpaired) electrons. The SMILES string of the molecule is CCCOc1nccc(C)c1C(N)=S. The maximum atomic E-state index is 5.60. The van der Waals surface area contributed by atoms with E-state index < -0.39 is 0 Å². The molecule has 0 aliphatic carbocycles. The number of aromatic nitrogens is 1. The third-order valence-corrected chi connectivity index (χ3v) is 2.02. The van der Waals surface area contributed by atoms with Crippen LogP contribution in [0.2, 0.25) is 0 Å². The summed E-state index contributed by atoms with van der Waals surface area (Å²) in [5.41, 5.74) is 7.34. The van der Waals surface area contributed by atoms with E-state index >= 15 is 0 Å². The van der Waals surface area contributed by atoms with Crippen LogP contribution >= 0.6 is 12.2 Å². The van der Waals surface area contributed by atoms with Crippen LogP contribution in [0, 0.1) is 6.92 Å². The number of rotatable bonds is 4. The molecule has 14 heavy (non-hydrogen) atoms. The molecule has 0 bridgehead atoms. The monoisotopic (exact) mass is 210 g/mol. The first kappa shape index (κ1) is 10.9. The predicted octanol–water partition coefficient (Wildman–Crippen LogP) is 1.81. The number of nitrogens with zero attached hydrogens (tertiary/aromatic N) is 1. The molecule has 1 aromatic heterocycles. The van der Waals surface area contributed by atoms with Crippen molar-refractivity contribution in [3.05, 3.63) is 23.4 Å². The molecule has 2 N–H and O–H groups in total. The average molecular weight is 210 g/mol. The van der Waals surface area contributed by atoms with Crippen LogP contribution < -0.4 is 10.5 Å². The van der Waals surface area contributed by atoms with E-state index in [4.69, 9.17) is 22.7 Å². The summed E-state index contributed by atoms with van der Waals surface area (Å²) >= 11 is 4.95. The van der Waals surface area contributed by atoms with Crippen LogP contribution in [0.3, 0.4) is 0 Å². The van der Waals surface area contributed by atoms with E-state index in [1.807, 2.05) is 19.9 Å². The molecule has 0 aromatic carbocycles. The fourth-order valence-electron chi connectivity index (χ4n) is 1.14. The van der Waals surface area contributed by atoms with Crippen molar-refractivity contribution >= 4 is 17.2 Å². The Labute approximate surface area is 89.3 Å². The number of hydrogen-bond acceptors (Lipinski definition) is 3. The number of thiocarbonyl (C=S) groups is 1. The average Bonchev–Trinajstić information content (AvgIpc) is 2.14. The zero-order valence-electron chi connectivity index (χ0n) is 8.41. The van der Waals surface area contributed by atoms with Gasteiger partial charge in [0, 0.05) is 6.20 Å². The molecule has 0 spiro atoms. The normalized spacial score (nSPS) is 9.86. The third-order valence-electron chi connectivity index (χ3n) is 1.81. The van der Waals surface area contributed by atoms with Crippen LogP contribution in [0.25, 0.3) is 0 Å². The van der Waals surface area contributed by atoms with Gasteiger partial charge in [0.05, 0.1) is 12.2 Å². The zero-order chi connectivity index (χ0) is 10.6. The first-order valence-corrected chi connectivity index (χ1v) is 4.95. The van der Waals surface area contributed by atoms with E-state index in [-0.39, 0.29) is 0 Å². The summed E-state index contributed by atoms with van der Waals surface area (Å²) in [6.07, 6.45) is 2.63. The van der Waals surface area contributed by atoms with Crippen molar-refractivity contribution in [2.75, 3.05) is 6.61 Å². The number of pyridine rings is 1. The van der Waals surface area contributed by atoms with Crippen molar-refractivity contribution in [2.45, 2.75) is 20.3 Å². The predicted molar refractivity (Wildman–Crippen MR) is 60.6 cm³/mol. The Kier molecular flexibility index (Phi) is 3.83. The third kappa shape index (κ3) is 2.42. The maximum absolute atomic E-state index is 5.60. The molecule has 0 fully saturated rings. The van der Waals surface area contributed by atoms with E-state index in [1.54, 1.807) is 6.20 Å². The zero-order valence-corrected chi connectivity index (χ0v) is 9.23. The van der Waals surface area contributed by atoms with Crippen LogP contribution in [0.1, 0.15) is 24.5 Å². The van der Waals surface area contributed by atoms with Crippen LogP contribution in [0.15, 0.2) is 12.3 Å². The van der Waals surface area contributed by atoms with Crippen LogP contribution in [-0.4, -0.2) is 16.6 Å². The van der Waals surface area contributed by atoms with Crippen LogP contribution in [0.5, 0.6) is 5.88 Å². The maximum Gasteiger partial charge on any atom is 0.223 e. The Balaban J connectivity index is 3.02. The fraction of sp³-hybridized carbons (Fsp3) is 0.400. The molecule has 1 heterocycles. The topological polar surface area (TPSA) is 48.1 Å². The van der Waals surface area contributed by atoms with Gasteiger partial charge in [0.25, 0.3) is 0 Å². The van der Waals surface area contributed by atoms with Crippen molar-refractivity contribution in [1.82, 2.24) is 4.98 Å². The molecule has 0 unspecified atom stereocenters. The van der Waals surface area contributed by atoms with E-state index in [1.165, 1.54) is 0 Å². The van der Waals surface area contributed by atoms with Gasteiger partial charge < -0.3 is 10.5 Å². The fourth-order valence-corrected chi connectivity index (χ4v) is 1.39. The van der Waals surface area contributed by atoms with Gasteiger partial charge in [0.15, 0.2) is 0 Å². The highest BCUT2D eigenvalue weighted by Crippen LogP contribution is 2.18. The van der Waals surface area contributed by atoms with Gasteiger partial charge in [-0.05, 0) is 25.0 Å². The van der Waals surface area contributed by atoms with Crippen molar-refractivity contribution in [3.8, 4) is 5.88 Å². The van der Waals surface area contributed by atoms with Gasteiger partial charge in [0.1, 0.15) is 4.99 Å². The molecular weight excluding hydrogens is 196 g/mol. The van der Waals surface area contributed by atoms with E-state index in [2.05, 4.69) is 4.98 Å². The highest BCUT2D eigenvalue weighted by Gasteiger charge is 2.10. The minimum absolute atomic E-state index is 0.335. The van der Waals surface area contributed by atoms with Gasteiger partial charge in [-0.1, -0.05) is 19.1 Å². The van der Waals surface area contributed by atoms with Gasteiger partial charge in [-0.15, -0.1) is 0 Å². The van der Waals surface area contributed by atoms with Crippen molar-refractivity contribution in [3.63, 3.8) is 0 Å². The Morgan fingerprint density at radius 1 is 1.64 bits per heavy atom. The van der Waals surface area contributed by atoms with E-state index in [9.17, 15) is 0 Å². The molecular formula is C10H14N2OS. The summed E-state index contributed by atoms with van der Waals surface area (Å²) < 4.78 is 5.45. The van der Waals surface area contributed by atoms with Crippen LogP contribution in [0.4, 0.5) is 0 Å². The minimum Gasteiger partial charge on any atom is -0.477 e. The lowest BCUT2D eigenvalue weighted by Crippen LogP contribution is -2.14. The Morgan fingerprint density at radius 2 is 2.36 bits per heavy atom. The molecule has 0 saturated carbocycles. The summed E-state index contributed by atoms with van der Waals surface area (Å²) in [5.74, 6) is 0.541. The van der Waals surface area contributed by atoms with E-state index in [0.717, 1.165) is 17.5 Å². The van der Waals surface area contributed by atoms with Crippen molar-refractivity contribution in [2.24, 2.45) is 5.73 Å². The Hall–Kier alpha value is -1.16. The van der Waals surface area contributed by atoms with Gasteiger partial charge in [-0.25, -0.2) is 4.98 Å². The lowest BCUT2D eigenvalue weighted by molar-refractivity contribution is 0.304. The summed E-state index contributed by atoms with van der Waals surface area (Å²) in [6, 6.07) is 1.87. The molecule has 76 valence electrons. The second kappa shape index (κ2) is 4.91. The van der Waals surface area contributed by atoms with Gasteiger partial charge in [-0.2, -0.15) is 0 Å². The molecule has 0 aliphatic rings. The molecule has 3 nitrogen and oxygen atoms in total. The van der Waals surface area contributed by atoms with Crippen molar-refractivity contribution in [1.29, 1.82) is 0 Å². The minimum atomic E-state index is 0.335. The standard InChI is InChI=1S/C10H14N2OS/c1-3-6-13-10-8(9(11)14)7(2)4-5-12-10/h4-5H,3,6H2,1-2H3,(H2,11,14). The van der Waals surface area contributed by atoms with Gasteiger partial charge in [-0.3, -0.25) is 0 Å². The quantitative estimate of drug-likeness (QED) is 0.770. The van der Waals surface area contributed by atoms with E-state index in [0.29, 0.717) is 17.5 Å². The van der Waals surface area contributed by atoms with Gasteiger partial charge >= 0.3 is 0 Å². The Bertz CT molecular complexity index is 339. The number of ether oxygens (including phenoxy) is 1. The number of aryl methyl sites for hydroxylation is 1. The molecule has 0 atom stereocenters. The Morgan fingerprint density at radius 3 is 2.93 bits per heavy atom. The number of hydrogen-bond donors (Lipinski definition) is 1. The molecule has 1 aromatic rings.